The molecule has 2 heterocycles. The fraction of sp³-hybridized carbons (Fsp3) is 0.421. The first kappa shape index (κ1) is 19.8. The lowest BCUT2D eigenvalue weighted by atomic mass is 10.1. The van der Waals surface area contributed by atoms with Gasteiger partial charge < -0.3 is 4.52 Å². The van der Waals surface area contributed by atoms with Crippen LogP contribution in [-0.2, 0) is 22.9 Å². The molecule has 6 nitrogen and oxygen atoms in total. The largest absolute Gasteiger partial charge is 0.431 e. The standard InChI is InChI=1S/C19H24N5OPS/c1-5-23(6-2)26(27)17-15(4)22-24(13-7-12-20)18(17)21-19(25-26)16-10-8-14(3)9-11-16/h8-11H,5-7,13H2,1-4H3/t26-/m0/s1. The lowest BCUT2D eigenvalue weighted by molar-refractivity contribution is 0.447. The lowest BCUT2D eigenvalue weighted by Crippen LogP contribution is -2.32. The second-order valence-electron chi connectivity index (χ2n) is 6.42. The van der Waals surface area contributed by atoms with Crippen LogP contribution in [0.15, 0.2) is 29.3 Å². The summed E-state index contributed by atoms with van der Waals surface area (Å²) in [5, 5.41) is 14.5. The number of hydrogen-bond donors (Lipinski definition) is 0. The van der Waals surface area contributed by atoms with Crippen LogP contribution in [0.3, 0.4) is 0 Å². The number of nitriles is 1. The third-order valence-electron chi connectivity index (χ3n) is 4.61. The molecular formula is C19H24N5OPS. The van der Waals surface area contributed by atoms with Crippen molar-refractivity contribution in [3.8, 4) is 6.07 Å². The minimum absolute atomic E-state index is 0.373. The number of rotatable bonds is 6. The van der Waals surface area contributed by atoms with Crippen LogP contribution in [0.1, 0.15) is 37.1 Å². The van der Waals surface area contributed by atoms with Crippen LogP contribution in [0.25, 0.3) is 0 Å². The Morgan fingerprint density at radius 3 is 2.48 bits per heavy atom. The Hall–Kier alpha value is -2.00. The van der Waals surface area contributed by atoms with Gasteiger partial charge in [-0.25, -0.2) is 9.35 Å². The molecule has 1 aliphatic rings. The van der Waals surface area contributed by atoms with E-state index < -0.39 is 6.42 Å². The molecule has 0 unspecified atom stereocenters. The summed E-state index contributed by atoms with van der Waals surface area (Å²) in [5.74, 6) is 1.27. The molecule has 0 radical (unpaired) electrons. The molecule has 8 heteroatoms. The highest BCUT2D eigenvalue weighted by Crippen LogP contribution is 2.55. The zero-order valence-corrected chi connectivity index (χ0v) is 17.8. The molecule has 1 atom stereocenters. The number of aromatic nitrogens is 2. The first-order valence-electron chi connectivity index (χ1n) is 9.10. The average molecular weight is 401 g/mol. The summed E-state index contributed by atoms with van der Waals surface area (Å²) >= 11 is 6.16. The summed E-state index contributed by atoms with van der Waals surface area (Å²) in [7, 11) is 0. The van der Waals surface area contributed by atoms with E-state index in [1.165, 1.54) is 5.56 Å². The minimum atomic E-state index is -2.53. The quantitative estimate of drug-likeness (QED) is 0.689. The van der Waals surface area contributed by atoms with E-state index in [4.69, 9.17) is 26.6 Å². The van der Waals surface area contributed by atoms with Crippen LogP contribution in [-0.4, -0.2) is 33.4 Å². The Balaban J connectivity index is 2.20. The summed E-state index contributed by atoms with van der Waals surface area (Å²) in [4.78, 5) is 4.79. The molecule has 0 saturated carbocycles. The van der Waals surface area contributed by atoms with Crippen molar-refractivity contribution < 1.29 is 4.52 Å². The number of aryl methyl sites for hydroxylation is 3. The van der Waals surface area contributed by atoms with Gasteiger partial charge in [0.25, 0.3) is 0 Å². The molecule has 1 aromatic carbocycles. The first-order valence-corrected chi connectivity index (χ1v) is 11.8. The van der Waals surface area contributed by atoms with Crippen molar-refractivity contribution in [2.45, 2.75) is 40.7 Å². The predicted octanol–water partition coefficient (Wildman–Crippen LogP) is 3.80. The highest BCUT2D eigenvalue weighted by Gasteiger charge is 2.40. The van der Waals surface area contributed by atoms with E-state index in [1.54, 1.807) is 4.68 Å². The molecule has 2 aromatic rings. The summed E-state index contributed by atoms with van der Waals surface area (Å²) in [5.41, 5.74) is 2.91. The highest BCUT2D eigenvalue weighted by molar-refractivity contribution is 8.15. The Bertz CT molecular complexity index is 954. The van der Waals surface area contributed by atoms with Gasteiger partial charge in [-0.1, -0.05) is 31.5 Å². The Kier molecular flexibility index (Phi) is 5.81. The summed E-state index contributed by atoms with van der Waals surface area (Å²) < 4.78 is 10.5. The fourth-order valence-electron chi connectivity index (χ4n) is 3.20. The third-order valence-corrected chi connectivity index (χ3v) is 8.89. The van der Waals surface area contributed by atoms with E-state index >= 15 is 0 Å². The molecule has 142 valence electrons. The van der Waals surface area contributed by atoms with Gasteiger partial charge in [0.2, 0.25) is 12.3 Å². The number of nitrogens with zero attached hydrogens (tertiary/aromatic N) is 5. The maximum atomic E-state index is 8.99. The van der Waals surface area contributed by atoms with E-state index in [2.05, 4.69) is 29.7 Å². The molecule has 0 bridgehead atoms. The van der Waals surface area contributed by atoms with Crippen molar-refractivity contribution in [1.29, 1.82) is 5.26 Å². The predicted molar refractivity (Wildman–Crippen MR) is 112 cm³/mol. The molecular weight excluding hydrogens is 377 g/mol. The van der Waals surface area contributed by atoms with E-state index in [1.807, 2.05) is 38.1 Å². The van der Waals surface area contributed by atoms with Gasteiger partial charge >= 0.3 is 0 Å². The van der Waals surface area contributed by atoms with Crippen LogP contribution >= 0.6 is 6.42 Å². The van der Waals surface area contributed by atoms with Gasteiger partial charge in [-0.2, -0.15) is 15.4 Å². The maximum absolute atomic E-state index is 8.99. The van der Waals surface area contributed by atoms with Crippen molar-refractivity contribution in [2.24, 2.45) is 4.99 Å². The second-order valence-corrected chi connectivity index (χ2v) is 10.1. The highest BCUT2D eigenvalue weighted by atomic mass is 32.4. The molecule has 1 aromatic heterocycles. The number of hydrogen-bond acceptors (Lipinski definition) is 5. The van der Waals surface area contributed by atoms with Crippen LogP contribution in [0.5, 0.6) is 0 Å². The Labute approximate surface area is 165 Å². The Morgan fingerprint density at radius 1 is 1.22 bits per heavy atom. The molecule has 3 rings (SSSR count). The minimum Gasteiger partial charge on any atom is -0.431 e. The normalized spacial score (nSPS) is 18.6. The third kappa shape index (κ3) is 3.58. The molecule has 1 aliphatic heterocycles. The van der Waals surface area contributed by atoms with E-state index in [0.717, 1.165) is 35.5 Å². The molecule has 0 saturated heterocycles. The fourth-order valence-corrected chi connectivity index (χ4v) is 7.23. The summed E-state index contributed by atoms with van der Waals surface area (Å²) in [6.45, 7) is 10.2. The smallest absolute Gasteiger partial charge is 0.227 e. The lowest BCUT2D eigenvalue weighted by Gasteiger charge is -2.35. The molecule has 0 aliphatic carbocycles. The van der Waals surface area contributed by atoms with Gasteiger partial charge in [-0.05, 0) is 37.8 Å². The van der Waals surface area contributed by atoms with Gasteiger partial charge in [-0.15, -0.1) is 0 Å². The Morgan fingerprint density at radius 2 is 1.89 bits per heavy atom. The van der Waals surface area contributed by atoms with Crippen LogP contribution in [0.4, 0.5) is 5.82 Å². The van der Waals surface area contributed by atoms with Gasteiger partial charge in [0.05, 0.1) is 24.7 Å². The number of benzene rings is 1. The molecule has 0 spiro atoms. The van der Waals surface area contributed by atoms with Gasteiger partial charge in [0.1, 0.15) is 5.30 Å². The van der Waals surface area contributed by atoms with Gasteiger partial charge in [0, 0.05) is 18.7 Å². The molecule has 0 N–H and O–H groups in total. The van der Waals surface area contributed by atoms with Crippen molar-refractivity contribution in [3.05, 3.63) is 41.1 Å². The second kappa shape index (κ2) is 7.93. The number of fused-ring (bicyclic) bond motifs is 1. The maximum Gasteiger partial charge on any atom is 0.227 e. The van der Waals surface area contributed by atoms with E-state index in [9.17, 15) is 0 Å². The summed E-state index contributed by atoms with van der Waals surface area (Å²) in [6.07, 6.45) is -2.15. The topological polar surface area (TPSA) is 66.4 Å². The zero-order valence-electron chi connectivity index (χ0n) is 16.1. The van der Waals surface area contributed by atoms with Gasteiger partial charge in [-0.3, -0.25) is 0 Å². The summed E-state index contributed by atoms with van der Waals surface area (Å²) in [6, 6.07) is 10.3. The average Bonchev–Trinajstić information content (AvgIpc) is 2.98. The van der Waals surface area contributed by atoms with Crippen LogP contribution < -0.4 is 5.30 Å². The molecule has 27 heavy (non-hydrogen) atoms. The zero-order chi connectivity index (χ0) is 19.6. The monoisotopic (exact) mass is 401 g/mol. The molecule has 0 amide bonds. The van der Waals surface area contributed by atoms with E-state index in [-0.39, 0.29) is 0 Å². The first-order chi connectivity index (χ1) is 12.9. The van der Waals surface area contributed by atoms with Crippen molar-refractivity contribution in [3.63, 3.8) is 0 Å². The molecule has 0 fully saturated rings. The van der Waals surface area contributed by atoms with Crippen molar-refractivity contribution in [1.82, 2.24) is 14.5 Å². The van der Waals surface area contributed by atoms with Crippen molar-refractivity contribution in [2.75, 3.05) is 13.1 Å². The van der Waals surface area contributed by atoms with Gasteiger partial charge in [0.15, 0.2) is 5.82 Å². The SMILES string of the molecule is CCN(CC)[P@]1(=S)OC(c2ccc(C)cc2)=Nc2c1c(C)nn2CCC#N. The van der Waals surface area contributed by atoms with E-state index in [0.29, 0.717) is 18.9 Å². The van der Waals surface area contributed by atoms with Crippen LogP contribution in [0.2, 0.25) is 0 Å². The van der Waals surface area contributed by atoms with Crippen LogP contribution in [0, 0.1) is 25.2 Å². The van der Waals surface area contributed by atoms with Crippen molar-refractivity contribution >= 4 is 35.2 Å². The number of aliphatic imine (C=N–C) groups is 1.